The van der Waals surface area contributed by atoms with E-state index in [-0.39, 0.29) is 0 Å². The molecule has 3 heteroatoms. The molecule has 1 aliphatic heterocycles. The van der Waals surface area contributed by atoms with Gasteiger partial charge in [-0.25, -0.2) is 0 Å². The molecule has 0 atom stereocenters. The van der Waals surface area contributed by atoms with Gasteiger partial charge in [-0.3, -0.25) is 9.80 Å². The number of benzene rings is 1. The highest BCUT2D eigenvalue weighted by Gasteiger charge is 2.21. The predicted molar refractivity (Wildman–Crippen MR) is 80.0 cm³/mol. The molecule has 3 nitrogen and oxygen atoms in total. The van der Waals surface area contributed by atoms with Crippen molar-refractivity contribution in [3.05, 3.63) is 35.5 Å². The number of aromatic nitrogens is 1. The minimum Gasteiger partial charge on any atom is -0.329 e. The van der Waals surface area contributed by atoms with Gasteiger partial charge in [0.1, 0.15) is 0 Å². The summed E-state index contributed by atoms with van der Waals surface area (Å²) in [5, 5.41) is 1.45. The number of para-hydroxylation sites is 1. The van der Waals surface area contributed by atoms with E-state index in [1.54, 1.807) is 5.56 Å². The molecular formula is C16H23N3. The van der Waals surface area contributed by atoms with Crippen molar-refractivity contribution in [1.82, 2.24) is 14.4 Å². The van der Waals surface area contributed by atoms with Gasteiger partial charge in [-0.05, 0) is 32.1 Å². The third kappa shape index (κ3) is 2.17. The minimum atomic E-state index is 0.990. The number of rotatable bonds is 2. The van der Waals surface area contributed by atoms with Crippen molar-refractivity contribution in [2.75, 3.05) is 20.8 Å². The molecule has 1 aromatic carbocycles. The van der Waals surface area contributed by atoms with E-state index >= 15 is 0 Å². The van der Waals surface area contributed by atoms with Crippen LogP contribution in [0.15, 0.2) is 24.3 Å². The molecule has 0 saturated carbocycles. The Morgan fingerprint density at radius 2 is 1.84 bits per heavy atom. The fourth-order valence-electron chi connectivity index (χ4n) is 3.30. The van der Waals surface area contributed by atoms with Crippen LogP contribution in [-0.4, -0.2) is 35.1 Å². The lowest BCUT2D eigenvalue weighted by Gasteiger charge is -2.19. The Hall–Kier alpha value is -1.32. The monoisotopic (exact) mass is 257 g/mol. The first kappa shape index (κ1) is 12.7. The van der Waals surface area contributed by atoms with Gasteiger partial charge in [0, 0.05) is 23.1 Å². The van der Waals surface area contributed by atoms with Crippen LogP contribution in [0.5, 0.6) is 0 Å². The number of fused-ring (bicyclic) bond motifs is 3. The fraction of sp³-hybridized carbons (Fsp3) is 0.500. The van der Waals surface area contributed by atoms with Crippen LogP contribution in [0.2, 0.25) is 0 Å². The van der Waals surface area contributed by atoms with Crippen molar-refractivity contribution in [2.24, 2.45) is 0 Å². The Labute approximate surface area is 115 Å². The van der Waals surface area contributed by atoms with Crippen molar-refractivity contribution in [3.63, 3.8) is 0 Å². The van der Waals surface area contributed by atoms with Gasteiger partial charge in [0.05, 0.1) is 13.3 Å². The number of hydrogen-bond donors (Lipinski definition) is 0. The van der Waals surface area contributed by atoms with E-state index in [9.17, 15) is 0 Å². The molecule has 2 aromatic rings. The third-order valence-corrected chi connectivity index (χ3v) is 3.98. The summed E-state index contributed by atoms with van der Waals surface area (Å²) in [6.07, 6.45) is 2.39. The maximum absolute atomic E-state index is 2.50. The molecule has 2 heterocycles. The van der Waals surface area contributed by atoms with E-state index in [4.69, 9.17) is 0 Å². The molecular weight excluding hydrogens is 234 g/mol. The fourth-order valence-corrected chi connectivity index (χ4v) is 3.30. The van der Waals surface area contributed by atoms with Crippen molar-refractivity contribution >= 4 is 10.9 Å². The minimum absolute atomic E-state index is 0.990. The zero-order valence-electron chi connectivity index (χ0n) is 12.2. The first-order valence-corrected chi connectivity index (χ1v) is 7.16. The summed E-state index contributed by atoms with van der Waals surface area (Å²) >= 11 is 0. The lowest BCUT2D eigenvalue weighted by Crippen LogP contribution is -2.29. The second-order valence-corrected chi connectivity index (χ2v) is 5.77. The molecule has 0 unspecified atom stereocenters. The average molecular weight is 257 g/mol. The maximum Gasteiger partial charge on any atom is 0.0762 e. The summed E-state index contributed by atoms with van der Waals surface area (Å²) in [6, 6.07) is 8.85. The van der Waals surface area contributed by atoms with Crippen LogP contribution in [0.1, 0.15) is 24.6 Å². The normalized spacial score (nSPS) is 17.6. The molecule has 0 aliphatic carbocycles. The van der Waals surface area contributed by atoms with Crippen molar-refractivity contribution in [2.45, 2.75) is 33.0 Å². The average Bonchev–Trinajstić information content (AvgIpc) is 2.56. The molecule has 0 saturated heterocycles. The van der Waals surface area contributed by atoms with E-state index in [2.05, 4.69) is 59.7 Å². The van der Waals surface area contributed by atoms with Gasteiger partial charge in [-0.15, -0.1) is 0 Å². The van der Waals surface area contributed by atoms with E-state index in [0.717, 1.165) is 19.9 Å². The first-order chi connectivity index (χ1) is 9.20. The molecule has 0 amide bonds. The zero-order valence-corrected chi connectivity index (χ0v) is 12.2. The summed E-state index contributed by atoms with van der Waals surface area (Å²) in [4.78, 5) is 4.77. The lowest BCUT2D eigenvalue weighted by atomic mass is 10.1. The van der Waals surface area contributed by atoms with E-state index in [1.165, 1.54) is 29.4 Å². The standard InChI is InChI=1S/C16H23N3/c1-4-7-13-14-8-5-6-9-15(14)19-12-18(3)11-17(2)10-16(13)19/h5-6,8-9H,4,7,10-12H2,1-3H3. The van der Waals surface area contributed by atoms with Crippen LogP contribution >= 0.6 is 0 Å². The van der Waals surface area contributed by atoms with Gasteiger partial charge in [0.2, 0.25) is 0 Å². The summed E-state index contributed by atoms with van der Waals surface area (Å²) in [6.45, 7) is 5.34. The molecule has 0 N–H and O–H groups in total. The quantitative estimate of drug-likeness (QED) is 0.819. The number of hydrogen-bond acceptors (Lipinski definition) is 2. The Morgan fingerprint density at radius 1 is 1.05 bits per heavy atom. The highest BCUT2D eigenvalue weighted by Crippen LogP contribution is 2.29. The van der Waals surface area contributed by atoms with Gasteiger partial charge in [0.25, 0.3) is 0 Å². The maximum atomic E-state index is 2.50. The van der Waals surface area contributed by atoms with E-state index < -0.39 is 0 Å². The number of nitrogens with zero attached hydrogens (tertiary/aromatic N) is 3. The summed E-state index contributed by atoms with van der Waals surface area (Å²) in [5.74, 6) is 0. The van der Waals surface area contributed by atoms with Gasteiger partial charge in [-0.1, -0.05) is 31.5 Å². The Morgan fingerprint density at radius 3 is 2.63 bits per heavy atom. The molecule has 1 aromatic heterocycles. The molecule has 1 aliphatic rings. The predicted octanol–water partition coefficient (Wildman–Crippen LogP) is 2.89. The smallest absolute Gasteiger partial charge is 0.0762 e. The zero-order chi connectivity index (χ0) is 13.4. The molecule has 102 valence electrons. The molecule has 3 rings (SSSR count). The van der Waals surface area contributed by atoms with Crippen LogP contribution in [0.4, 0.5) is 0 Å². The second kappa shape index (κ2) is 4.99. The first-order valence-electron chi connectivity index (χ1n) is 7.16. The SMILES string of the molecule is CCCc1c2n(c3ccccc13)CN(C)CN(C)C2. The van der Waals surface area contributed by atoms with Gasteiger partial charge in [0.15, 0.2) is 0 Å². The highest BCUT2D eigenvalue weighted by molar-refractivity contribution is 5.85. The summed E-state index contributed by atoms with van der Waals surface area (Å²) in [5.41, 5.74) is 4.46. The molecule has 0 bridgehead atoms. The molecule has 0 spiro atoms. The lowest BCUT2D eigenvalue weighted by molar-refractivity contribution is 0.172. The van der Waals surface area contributed by atoms with Crippen LogP contribution < -0.4 is 0 Å². The van der Waals surface area contributed by atoms with Crippen molar-refractivity contribution in [1.29, 1.82) is 0 Å². The van der Waals surface area contributed by atoms with Crippen LogP contribution in [0, 0.1) is 0 Å². The molecule has 19 heavy (non-hydrogen) atoms. The van der Waals surface area contributed by atoms with Gasteiger partial charge < -0.3 is 4.57 Å². The largest absolute Gasteiger partial charge is 0.329 e. The highest BCUT2D eigenvalue weighted by atomic mass is 15.4. The van der Waals surface area contributed by atoms with Crippen LogP contribution in [0.25, 0.3) is 10.9 Å². The Balaban J connectivity index is 2.22. The van der Waals surface area contributed by atoms with Gasteiger partial charge in [-0.2, -0.15) is 0 Å². The Bertz CT molecular complexity index is 585. The molecule has 0 fully saturated rings. The number of aryl methyl sites for hydroxylation is 1. The summed E-state index contributed by atoms with van der Waals surface area (Å²) in [7, 11) is 4.40. The van der Waals surface area contributed by atoms with Crippen LogP contribution in [-0.2, 0) is 19.6 Å². The Kier molecular flexibility index (Phi) is 3.33. The summed E-state index contributed by atoms with van der Waals surface area (Å²) < 4.78 is 2.50. The van der Waals surface area contributed by atoms with Crippen molar-refractivity contribution < 1.29 is 0 Å². The third-order valence-electron chi connectivity index (χ3n) is 3.98. The van der Waals surface area contributed by atoms with E-state index in [0.29, 0.717) is 0 Å². The van der Waals surface area contributed by atoms with Gasteiger partial charge >= 0.3 is 0 Å². The molecule has 0 radical (unpaired) electrons. The van der Waals surface area contributed by atoms with Crippen LogP contribution in [0.3, 0.4) is 0 Å². The van der Waals surface area contributed by atoms with Crippen molar-refractivity contribution in [3.8, 4) is 0 Å². The van der Waals surface area contributed by atoms with E-state index in [1.807, 2.05) is 0 Å². The second-order valence-electron chi connectivity index (χ2n) is 5.77. The topological polar surface area (TPSA) is 11.4 Å².